The fourth-order valence-corrected chi connectivity index (χ4v) is 5.23. The van der Waals surface area contributed by atoms with Crippen LogP contribution in [0, 0.1) is 17.7 Å². The third kappa shape index (κ3) is 4.98. The van der Waals surface area contributed by atoms with Crippen LogP contribution < -0.4 is 11.1 Å². The van der Waals surface area contributed by atoms with E-state index in [1.807, 2.05) is 13.0 Å². The number of pyridine rings is 2. The van der Waals surface area contributed by atoms with Gasteiger partial charge in [-0.3, -0.25) is 9.78 Å². The molecule has 174 valence electrons. The van der Waals surface area contributed by atoms with Crippen molar-refractivity contribution >= 4 is 38.0 Å². The molecule has 0 unspecified atom stereocenters. The number of aromatic nitrogens is 2. The Morgan fingerprint density at radius 3 is 2.55 bits per heavy atom. The molecule has 1 saturated carbocycles. The monoisotopic (exact) mass is 470 g/mol. The second-order valence-corrected chi connectivity index (χ2v) is 10.8. The number of nitrogens with zero attached hydrogens (tertiary/aromatic N) is 2. The van der Waals surface area contributed by atoms with Crippen LogP contribution in [-0.4, -0.2) is 30.5 Å². The maximum absolute atomic E-state index is 13.8. The van der Waals surface area contributed by atoms with Crippen molar-refractivity contribution in [1.82, 2.24) is 9.97 Å². The lowest BCUT2D eigenvalue weighted by atomic mass is 9.73. The Labute approximate surface area is 192 Å². The third-order valence-electron chi connectivity index (χ3n) is 6.62. The topological polar surface area (TPSA) is 115 Å². The summed E-state index contributed by atoms with van der Waals surface area (Å²) in [5.41, 5.74) is 8.30. The number of nitrogens with two attached hydrogens (primary N) is 1. The highest BCUT2D eigenvalue weighted by Crippen LogP contribution is 2.41. The molecule has 1 atom stereocenters. The van der Waals surface area contributed by atoms with E-state index < -0.39 is 9.84 Å². The SMILES string of the molecule is C[C@@H](C(=O)Nc1cnc(S(C)(=O)=O)cc1N)C1CCC(c2ccnc3ccc(F)cc23)CC1. The Hall–Kier alpha value is -3.07. The van der Waals surface area contributed by atoms with Crippen LogP contribution in [0.25, 0.3) is 10.9 Å². The van der Waals surface area contributed by atoms with Crippen molar-refractivity contribution < 1.29 is 17.6 Å². The van der Waals surface area contributed by atoms with Gasteiger partial charge in [-0.2, -0.15) is 0 Å². The molecule has 2 heterocycles. The van der Waals surface area contributed by atoms with Gasteiger partial charge in [0.05, 0.1) is 23.1 Å². The van der Waals surface area contributed by atoms with Gasteiger partial charge in [0.1, 0.15) is 5.82 Å². The van der Waals surface area contributed by atoms with Gasteiger partial charge in [0.25, 0.3) is 0 Å². The lowest BCUT2D eigenvalue weighted by Gasteiger charge is -2.32. The van der Waals surface area contributed by atoms with Crippen molar-refractivity contribution in [2.24, 2.45) is 11.8 Å². The second kappa shape index (κ2) is 9.05. The van der Waals surface area contributed by atoms with Crippen molar-refractivity contribution in [2.45, 2.75) is 43.6 Å². The van der Waals surface area contributed by atoms with E-state index in [2.05, 4.69) is 15.3 Å². The number of halogens is 1. The minimum atomic E-state index is -3.48. The van der Waals surface area contributed by atoms with Gasteiger partial charge in [-0.05, 0) is 67.3 Å². The van der Waals surface area contributed by atoms with Crippen LogP contribution in [0.2, 0.25) is 0 Å². The van der Waals surface area contributed by atoms with Crippen molar-refractivity contribution in [2.75, 3.05) is 17.3 Å². The summed E-state index contributed by atoms with van der Waals surface area (Å²) in [6, 6.07) is 7.90. The van der Waals surface area contributed by atoms with Gasteiger partial charge in [-0.25, -0.2) is 17.8 Å². The molecule has 0 radical (unpaired) electrons. The van der Waals surface area contributed by atoms with Crippen molar-refractivity contribution in [3.8, 4) is 0 Å². The summed E-state index contributed by atoms with van der Waals surface area (Å²) in [5, 5.41) is 3.51. The maximum atomic E-state index is 13.8. The molecule has 4 rings (SSSR count). The van der Waals surface area contributed by atoms with Crippen LogP contribution in [0.5, 0.6) is 0 Å². The molecule has 1 aromatic carbocycles. The largest absolute Gasteiger partial charge is 0.397 e. The number of carbonyl (C=O) groups is 1. The molecule has 0 aliphatic heterocycles. The lowest BCUT2D eigenvalue weighted by Crippen LogP contribution is -2.30. The first kappa shape index (κ1) is 23.1. The first-order valence-corrected chi connectivity index (χ1v) is 12.8. The number of carbonyl (C=O) groups excluding carboxylic acids is 1. The van der Waals surface area contributed by atoms with E-state index in [1.165, 1.54) is 18.3 Å². The van der Waals surface area contributed by atoms with Crippen LogP contribution in [0.3, 0.4) is 0 Å². The van der Waals surface area contributed by atoms with Crippen LogP contribution in [0.15, 0.2) is 47.8 Å². The maximum Gasteiger partial charge on any atom is 0.227 e. The molecule has 1 aliphatic carbocycles. The van der Waals surface area contributed by atoms with E-state index in [9.17, 15) is 17.6 Å². The zero-order valence-corrected chi connectivity index (χ0v) is 19.4. The molecule has 7 nitrogen and oxygen atoms in total. The summed E-state index contributed by atoms with van der Waals surface area (Å²) >= 11 is 0. The average molecular weight is 471 g/mol. The van der Waals surface area contributed by atoms with Crippen molar-refractivity contribution in [1.29, 1.82) is 0 Å². The second-order valence-electron chi connectivity index (χ2n) is 8.83. The molecular formula is C24H27FN4O3S. The van der Waals surface area contributed by atoms with Gasteiger partial charge < -0.3 is 11.1 Å². The number of nitrogens with one attached hydrogen (secondary N) is 1. The molecule has 0 bridgehead atoms. The molecule has 1 fully saturated rings. The quantitative estimate of drug-likeness (QED) is 0.574. The summed E-state index contributed by atoms with van der Waals surface area (Å²) in [7, 11) is -3.48. The number of fused-ring (bicyclic) bond motifs is 1. The van der Waals surface area contributed by atoms with E-state index in [-0.39, 0.29) is 34.3 Å². The standard InChI is InChI=1S/C24H27FN4O3S/c1-14(24(30)29-22-13-28-23(12-20(22)26)33(2,31)32)15-3-5-16(6-4-15)18-9-10-27-21-8-7-17(25)11-19(18)21/h7-16H,3-6H2,1-2H3,(H2,26,28)(H,29,30)/t14-,15?,16?/m1/s1. The zero-order chi connectivity index (χ0) is 23.8. The predicted molar refractivity (Wildman–Crippen MR) is 126 cm³/mol. The Balaban J connectivity index is 1.41. The zero-order valence-electron chi connectivity index (χ0n) is 18.6. The molecule has 33 heavy (non-hydrogen) atoms. The van der Waals surface area contributed by atoms with E-state index in [0.717, 1.165) is 48.4 Å². The van der Waals surface area contributed by atoms with Gasteiger partial charge in [-0.15, -0.1) is 0 Å². The molecule has 1 aliphatic rings. The lowest BCUT2D eigenvalue weighted by molar-refractivity contribution is -0.121. The average Bonchev–Trinajstić information content (AvgIpc) is 2.79. The number of hydrogen-bond donors (Lipinski definition) is 2. The fourth-order valence-electron chi connectivity index (χ4n) is 4.64. The third-order valence-corrected chi connectivity index (χ3v) is 7.60. The summed E-state index contributed by atoms with van der Waals surface area (Å²) < 4.78 is 37.1. The van der Waals surface area contributed by atoms with E-state index in [0.29, 0.717) is 11.6 Å². The molecule has 9 heteroatoms. The molecule has 0 spiro atoms. The number of hydrogen-bond acceptors (Lipinski definition) is 6. The van der Waals surface area contributed by atoms with Gasteiger partial charge in [0.2, 0.25) is 5.91 Å². The summed E-state index contributed by atoms with van der Waals surface area (Å²) in [6.45, 7) is 1.89. The minimum Gasteiger partial charge on any atom is -0.397 e. The van der Waals surface area contributed by atoms with Gasteiger partial charge >= 0.3 is 0 Å². The van der Waals surface area contributed by atoms with Gasteiger partial charge in [0, 0.05) is 29.8 Å². The summed E-state index contributed by atoms with van der Waals surface area (Å²) in [6.07, 6.45) is 7.66. The van der Waals surface area contributed by atoms with Gasteiger partial charge in [0.15, 0.2) is 14.9 Å². The minimum absolute atomic E-state index is 0.132. The van der Waals surface area contributed by atoms with E-state index in [4.69, 9.17) is 5.73 Å². The highest BCUT2D eigenvalue weighted by molar-refractivity contribution is 7.90. The molecule has 3 N–H and O–H groups in total. The van der Waals surface area contributed by atoms with E-state index >= 15 is 0 Å². The molecule has 3 aromatic rings. The first-order chi connectivity index (χ1) is 15.6. The van der Waals surface area contributed by atoms with Crippen LogP contribution in [-0.2, 0) is 14.6 Å². The number of nitrogen functional groups attached to an aromatic ring is 1. The highest BCUT2D eigenvalue weighted by Gasteiger charge is 2.30. The van der Waals surface area contributed by atoms with Crippen molar-refractivity contribution in [3.05, 3.63) is 54.1 Å². The molecule has 2 aromatic heterocycles. The van der Waals surface area contributed by atoms with Crippen LogP contribution in [0.1, 0.15) is 44.1 Å². The molecular weight excluding hydrogens is 443 g/mol. The Bertz CT molecular complexity index is 1300. The normalized spacial score (nSPS) is 19.8. The first-order valence-electron chi connectivity index (χ1n) is 10.9. The Morgan fingerprint density at radius 2 is 1.88 bits per heavy atom. The predicted octanol–water partition coefficient (Wildman–Crippen LogP) is 4.30. The highest BCUT2D eigenvalue weighted by atomic mass is 32.2. The summed E-state index contributed by atoms with van der Waals surface area (Å²) in [4.78, 5) is 21.1. The van der Waals surface area contributed by atoms with Crippen molar-refractivity contribution in [3.63, 3.8) is 0 Å². The Morgan fingerprint density at radius 1 is 1.15 bits per heavy atom. The fraction of sp³-hybridized carbons (Fsp3) is 0.375. The van der Waals surface area contributed by atoms with E-state index in [1.54, 1.807) is 18.3 Å². The number of anilines is 2. The van der Waals surface area contributed by atoms with Crippen LogP contribution in [0.4, 0.5) is 15.8 Å². The number of rotatable bonds is 5. The smallest absolute Gasteiger partial charge is 0.227 e. The number of amides is 1. The molecule has 0 saturated heterocycles. The van der Waals surface area contributed by atoms with Gasteiger partial charge in [-0.1, -0.05) is 6.92 Å². The number of sulfone groups is 1. The Kier molecular flexibility index (Phi) is 6.34. The summed E-state index contributed by atoms with van der Waals surface area (Å²) in [5.74, 6) is -0.182. The number of benzene rings is 1. The molecule has 1 amide bonds. The van der Waals surface area contributed by atoms with Crippen LogP contribution >= 0.6 is 0 Å².